The zero-order valence-corrected chi connectivity index (χ0v) is 6.52. The van der Waals surface area contributed by atoms with E-state index in [4.69, 9.17) is 0 Å². The Morgan fingerprint density at radius 3 is 2.22 bits per heavy atom. The standard InChI is InChI=1S/C7H14N2/c1-5-8-9-7(4)6(2)3/h5,9H,1-4H3/b8-5+. The number of hydrogen-bond acceptors (Lipinski definition) is 2. The van der Waals surface area contributed by atoms with Crippen LogP contribution in [0.4, 0.5) is 0 Å². The molecule has 2 nitrogen and oxygen atoms in total. The van der Waals surface area contributed by atoms with Crippen LogP contribution in [0.1, 0.15) is 27.7 Å². The maximum atomic E-state index is 3.86. The molecule has 0 radical (unpaired) electrons. The molecule has 0 unspecified atom stereocenters. The molecule has 2 heteroatoms. The predicted molar refractivity (Wildman–Crippen MR) is 41.3 cm³/mol. The highest BCUT2D eigenvalue weighted by Gasteiger charge is 1.84. The van der Waals surface area contributed by atoms with Gasteiger partial charge in [0.15, 0.2) is 0 Å². The molecule has 0 fully saturated rings. The fourth-order valence-electron chi connectivity index (χ4n) is 0.273. The summed E-state index contributed by atoms with van der Waals surface area (Å²) in [4.78, 5) is 0. The van der Waals surface area contributed by atoms with Gasteiger partial charge in [-0.2, -0.15) is 5.10 Å². The summed E-state index contributed by atoms with van der Waals surface area (Å²) >= 11 is 0. The number of nitrogens with one attached hydrogen (secondary N) is 1. The SMILES string of the molecule is C/C=N/NC(C)=C(C)C. The van der Waals surface area contributed by atoms with E-state index in [9.17, 15) is 0 Å². The summed E-state index contributed by atoms with van der Waals surface area (Å²) in [6.07, 6.45) is 1.73. The van der Waals surface area contributed by atoms with Crippen LogP contribution in [0.2, 0.25) is 0 Å². The molecule has 0 aromatic heterocycles. The Bertz CT molecular complexity index is 130. The first kappa shape index (κ1) is 8.21. The topological polar surface area (TPSA) is 24.4 Å². The molecule has 0 spiro atoms. The first-order valence-corrected chi connectivity index (χ1v) is 3.06. The molecule has 0 aliphatic heterocycles. The van der Waals surface area contributed by atoms with Crippen LogP contribution in [0.25, 0.3) is 0 Å². The normalized spacial score (nSPS) is 9.78. The molecule has 0 heterocycles. The van der Waals surface area contributed by atoms with Crippen LogP contribution in [0.15, 0.2) is 16.4 Å². The summed E-state index contributed by atoms with van der Waals surface area (Å²) in [5, 5.41) is 3.86. The average molecular weight is 126 g/mol. The molecule has 1 N–H and O–H groups in total. The van der Waals surface area contributed by atoms with Gasteiger partial charge in [-0.05, 0) is 27.7 Å². The zero-order valence-electron chi connectivity index (χ0n) is 6.52. The molecule has 0 aliphatic carbocycles. The number of nitrogens with zero attached hydrogens (tertiary/aromatic N) is 1. The second-order valence-electron chi connectivity index (χ2n) is 2.12. The molecule has 0 rings (SSSR count). The van der Waals surface area contributed by atoms with E-state index in [1.165, 1.54) is 5.57 Å². The Kier molecular flexibility index (Phi) is 3.76. The van der Waals surface area contributed by atoms with Crippen LogP contribution in [0.5, 0.6) is 0 Å². The third-order valence-corrected chi connectivity index (χ3v) is 1.11. The lowest BCUT2D eigenvalue weighted by atomic mass is 10.3. The molecule has 0 atom stereocenters. The van der Waals surface area contributed by atoms with Crippen molar-refractivity contribution in [2.24, 2.45) is 5.10 Å². The minimum atomic E-state index is 1.12. The van der Waals surface area contributed by atoms with Crippen molar-refractivity contribution in [1.29, 1.82) is 0 Å². The lowest BCUT2D eigenvalue weighted by Gasteiger charge is -1.99. The smallest absolute Gasteiger partial charge is 0.0291 e. The van der Waals surface area contributed by atoms with E-state index in [2.05, 4.69) is 10.5 Å². The summed E-state index contributed by atoms with van der Waals surface area (Å²) in [7, 11) is 0. The van der Waals surface area contributed by atoms with Crippen molar-refractivity contribution in [2.45, 2.75) is 27.7 Å². The van der Waals surface area contributed by atoms with Crippen molar-refractivity contribution in [3.8, 4) is 0 Å². The molecule has 0 aliphatic rings. The van der Waals surface area contributed by atoms with Crippen molar-refractivity contribution in [3.05, 3.63) is 11.3 Å². The fourth-order valence-corrected chi connectivity index (χ4v) is 0.273. The summed E-state index contributed by atoms with van der Waals surface area (Å²) in [6, 6.07) is 0. The zero-order chi connectivity index (χ0) is 7.28. The quantitative estimate of drug-likeness (QED) is 0.443. The molecule has 0 bridgehead atoms. The highest BCUT2D eigenvalue weighted by Crippen LogP contribution is 1.95. The summed E-state index contributed by atoms with van der Waals surface area (Å²) < 4.78 is 0. The third kappa shape index (κ3) is 3.76. The Morgan fingerprint density at radius 1 is 1.33 bits per heavy atom. The van der Waals surface area contributed by atoms with E-state index in [0.717, 1.165) is 5.70 Å². The molecule has 0 amide bonds. The number of hydrogen-bond donors (Lipinski definition) is 1. The van der Waals surface area contributed by atoms with Crippen LogP contribution >= 0.6 is 0 Å². The molecule has 9 heavy (non-hydrogen) atoms. The predicted octanol–water partition coefficient (Wildman–Crippen LogP) is 1.90. The minimum absolute atomic E-state index is 1.12. The summed E-state index contributed by atoms with van der Waals surface area (Å²) in [6.45, 7) is 7.98. The lowest BCUT2D eigenvalue weighted by molar-refractivity contribution is 0.871. The van der Waals surface area contributed by atoms with Crippen LogP contribution in [-0.2, 0) is 0 Å². The van der Waals surface area contributed by atoms with Gasteiger partial charge in [-0.3, -0.25) is 5.43 Å². The van der Waals surface area contributed by atoms with Crippen molar-refractivity contribution in [2.75, 3.05) is 0 Å². The van der Waals surface area contributed by atoms with E-state index in [1.54, 1.807) is 6.21 Å². The highest BCUT2D eigenvalue weighted by atomic mass is 15.3. The van der Waals surface area contributed by atoms with Crippen LogP contribution in [-0.4, -0.2) is 6.21 Å². The maximum Gasteiger partial charge on any atom is 0.0291 e. The molecule has 0 aromatic rings. The first-order chi connectivity index (χ1) is 4.18. The Labute approximate surface area is 56.7 Å². The van der Waals surface area contributed by atoms with Crippen LogP contribution < -0.4 is 5.43 Å². The van der Waals surface area contributed by atoms with E-state index in [1.807, 2.05) is 27.7 Å². The second-order valence-corrected chi connectivity index (χ2v) is 2.12. The van der Waals surface area contributed by atoms with E-state index in [0.29, 0.717) is 0 Å². The van der Waals surface area contributed by atoms with Gasteiger partial charge in [0.05, 0.1) is 0 Å². The van der Waals surface area contributed by atoms with Gasteiger partial charge in [0.2, 0.25) is 0 Å². The molecule has 0 saturated heterocycles. The van der Waals surface area contributed by atoms with Gasteiger partial charge >= 0.3 is 0 Å². The van der Waals surface area contributed by atoms with Gasteiger partial charge in [-0.1, -0.05) is 5.57 Å². The molecular weight excluding hydrogens is 112 g/mol. The van der Waals surface area contributed by atoms with Crippen LogP contribution in [0.3, 0.4) is 0 Å². The van der Waals surface area contributed by atoms with Gasteiger partial charge in [0, 0.05) is 11.9 Å². The largest absolute Gasteiger partial charge is 0.283 e. The van der Waals surface area contributed by atoms with E-state index in [-0.39, 0.29) is 0 Å². The summed E-state index contributed by atoms with van der Waals surface area (Å²) in [5.74, 6) is 0. The molecule has 0 aromatic carbocycles. The van der Waals surface area contributed by atoms with E-state index < -0.39 is 0 Å². The van der Waals surface area contributed by atoms with Crippen molar-refractivity contribution >= 4 is 6.21 Å². The molecule has 0 saturated carbocycles. The Hall–Kier alpha value is -0.790. The minimum Gasteiger partial charge on any atom is -0.283 e. The average Bonchev–Trinajstić information content (AvgIpc) is 1.82. The Balaban J connectivity index is 3.77. The lowest BCUT2D eigenvalue weighted by Crippen LogP contribution is -2.02. The second kappa shape index (κ2) is 4.13. The first-order valence-electron chi connectivity index (χ1n) is 3.06. The number of rotatable bonds is 2. The van der Waals surface area contributed by atoms with E-state index >= 15 is 0 Å². The highest BCUT2D eigenvalue weighted by molar-refractivity contribution is 5.52. The molecule has 52 valence electrons. The monoisotopic (exact) mass is 126 g/mol. The van der Waals surface area contributed by atoms with Gasteiger partial charge < -0.3 is 0 Å². The Morgan fingerprint density at radius 2 is 1.89 bits per heavy atom. The third-order valence-electron chi connectivity index (χ3n) is 1.11. The maximum absolute atomic E-state index is 3.86. The number of hydrazone groups is 1. The fraction of sp³-hybridized carbons (Fsp3) is 0.571. The number of allylic oxidation sites excluding steroid dienone is 2. The van der Waals surface area contributed by atoms with Crippen molar-refractivity contribution in [1.82, 2.24) is 5.43 Å². The molecular formula is C7H14N2. The van der Waals surface area contributed by atoms with Gasteiger partial charge in [0.1, 0.15) is 0 Å². The van der Waals surface area contributed by atoms with Crippen molar-refractivity contribution in [3.63, 3.8) is 0 Å². The van der Waals surface area contributed by atoms with Crippen molar-refractivity contribution < 1.29 is 0 Å². The van der Waals surface area contributed by atoms with Gasteiger partial charge in [0.25, 0.3) is 0 Å². The summed E-state index contributed by atoms with van der Waals surface area (Å²) in [5.41, 5.74) is 5.26. The van der Waals surface area contributed by atoms with Gasteiger partial charge in [-0.15, -0.1) is 0 Å². The van der Waals surface area contributed by atoms with Crippen LogP contribution in [0, 0.1) is 0 Å². The van der Waals surface area contributed by atoms with Gasteiger partial charge in [-0.25, -0.2) is 0 Å².